The summed E-state index contributed by atoms with van der Waals surface area (Å²) >= 11 is 0. The minimum atomic E-state index is -4.07. The molecule has 1 fully saturated rings. The van der Waals surface area contributed by atoms with Crippen LogP contribution in [0.4, 0.5) is 19.0 Å². The zero-order chi connectivity index (χ0) is 15.3. The molecule has 0 aromatic carbocycles. The van der Waals surface area contributed by atoms with Gasteiger partial charge in [-0.1, -0.05) is 0 Å². The van der Waals surface area contributed by atoms with Crippen molar-refractivity contribution < 1.29 is 13.2 Å². The van der Waals surface area contributed by atoms with Gasteiger partial charge in [-0.15, -0.1) is 0 Å². The molecule has 1 saturated heterocycles. The maximum Gasteiger partial charge on any atom is 0.390 e. The number of hydrogen-bond acceptors (Lipinski definition) is 4. The molecule has 0 radical (unpaired) electrons. The molecule has 0 amide bonds. The number of likely N-dealkylation sites (tertiary alicyclic amines) is 1. The van der Waals surface area contributed by atoms with E-state index >= 15 is 0 Å². The van der Waals surface area contributed by atoms with Crippen molar-refractivity contribution in [1.82, 2.24) is 14.9 Å². The Morgan fingerprint density at radius 3 is 2.81 bits per heavy atom. The van der Waals surface area contributed by atoms with Crippen LogP contribution in [0.15, 0.2) is 12.4 Å². The predicted molar refractivity (Wildman–Crippen MR) is 75.1 cm³/mol. The zero-order valence-corrected chi connectivity index (χ0v) is 12.2. The smallest absolute Gasteiger partial charge is 0.372 e. The SMILES string of the molecule is CNc1nccnc1C[C@@H]1CCCN(CCC(F)(F)F)C1. The molecule has 7 heteroatoms. The fourth-order valence-electron chi connectivity index (χ4n) is 2.80. The highest BCUT2D eigenvalue weighted by molar-refractivity contribution is 5.38. The summed E-state index contributed by atoms with van der Waals surface area (Å²) in [5, 5.41) is 3.01. The highest BCUT2D eigenvalue weighted by Crippen LogP contribution is 2.25. The van der Waals surface area contributed by atoms with Gasteiger partial charge in [-0.05, 0) is 31.7 Å². The lowest BCUT2D eigenvalue weighted by molar-refractivity contribution is -0.138. The number of hydrogen-bond donors (Lipinski definition) is 1. The first-order valence-corrected chi connectivity index (χ1v) is 7.24. The summed E-state index contributed by atoms with van der Waals surface area (Å²) in [5.74, 6) is 1.10. The molecule has 0 unspecified atom stereocenters. The van der Waals surface area contributed by atoms with Gasteiger partial charge in [-0.25, -0.2) is 4.98 Å². The van der Waals surface area contributed by atoms with Crippen LogP contribution in [-0.2, 0) is 6.42 Å². The molecule has 1 aromatic heterocycles. The molecule has 1 aliphatic heterocycles. The Morgan fingerprint density at radius 1 is 1.33 bits per heavy atom. The van der Waals surface area contributed by atoms with Crippen LogP contribution in [0.1, 0.15) is 25.0 Å². The van der Waals surface area contributed by atoms with E-state index in [0.29, 0.717) is 12.5 Å². The largest absolute Gasteiger partial charge is 0.390 e. The number of nitrogens with one attached hydrogen (secondary N) is 1. The van der Waals surface area contributed by atoms with Crippen LogP contribution in [0.5, 0.6) is 0 Å². The Kier molecular flexibility index (Phi) is 5.39. The molecule has 0 aliphatic carbocycles. The number of alkyl halides is 3. The van der Waals surface area contributed by atoms with E-state index in [1.165, 1.54) is 0 Å². The topological polar surface area (TPSA) is 41.1 Å². The molecule has 1 aliphatic rings. The molecule has 0 spiro atoms. The van der Waals surface area contributed by atoms with Gasteiger partial charge in [0.1, 0.15) is 5.82 Å². The Hall–Kier alpha value is -1.37. The molecule has 21 heavy (non-hydrogen) atoms. The van der Waals surface area contributed by atoms with Gasteiger partial charge in [0.15, 0.2) is 0 Å². The summed E-state index contributed by atoms with van der Waals surface area (Å²) in [7, 11) is 1.80. The van der Waals surface area contributed by atoms with Gasteiger partial charge in [0.05, 0.1) is 12.1 Å². The maximum absolute atomic E-state index is 12.3. The number of aromatic nitrogens is 2. The van der Waals surface area contributed by atoms with Gasteiger partial charge in [0.25, 0.3) is 0 Å². The number of piperidine rings is 1. The second-order valence-corrected chi connectivity index (χ2v) is 5.48. The van der Waals surface area contributed by atoms with Crippen LogP contribution in [0.25, 0.3) is 0 Å². The van der Waals surface area contributed by atoms with Gasteiger partial charge in [0, 0.05) is 32.5 Å². The predicted octanol–water partition coefficient (Wildman–Crippen LogP) is 2.73. The molecule has 1 aromatic rings. The molecular formula is C14H21F3N4. The summed E-state index contributed by atoms with van der Waals surface area (Å²) < 4.78 is 36.9. The fourth-order valence-corrected chi connectivity index (χ4v) is 2.80. The van der Waals surface area contributed by atoms with Gasteiger partial charge in [-0.3, -0.25) is 4.98 Å². The third-order valence-electron chi connectivity index (χ3n) is 3.81. The highest BCUT2D eigenvalue weighted by atomic mass is 19.4. The third-order valence-corrected chi connectivity index (χ3v) is 3.81. The Bertz CT molecular complexity index is 450. The van der Waals surface area contributed by atoms with Crippen molar-refractivity contribution in [2.75, 3.05) is 32.0 Å². The molecule has 118 valence electrons. The van der Waals surface area contributed by atoms with Crippen molar-refractivity contribution in [3.8, 4) is 0 Å². The quantitative estimate of drug-likeness (QED) is 0.908. The lowest BCUT2D eigenvalue weighted by Crippen LogP contribution is -2.38. The first kappa shape index (κ1) is 16.0. The fraction of sp³-hybridized carbons (Fsp3) is 0.714. The number of nitrogens with zero attached hydrogens (tertiary/aromatic N) is 3. The first-order valence-electron chi connectivity index (χ1n) is 7.24. The van der Waals surface area contributed by atoms with E-state index in [1.54, 1.807) is 19.4 Å². The Labute approximate surface area is 122 Å². The lowest BCUT2D eigenvalue weighted by Gasteiger charge is -2.33. The Morgan fingerprint density at radius 2 is 2.10 bits per heavy atom. The molecule has 2 heterocycles. The average molecular weight is 302 g/mol. The van der Waals surface area contributed by atoms with Crippen LogP contribution in [0.2, 0.25) is 0 Å². The molecule has 1 N–H and O–H groups in total. The molecular weight excluding hydrogens is 281 g/mol. The van der Waals surface area contributed by atoms with Crippen molar-refractivity contribution in [3.05, 3.63) is 18.1 Å². The van der Waals surface area contributed by atoms with E-state index in [4.69, 9.17) is 0 Å². The van der Waals surface area contributed by atoms with Crippen molar-refractivity contribution >= 4 is 5.82 Å². The molecule has 0 bridgehead atoms. The number of anilines is 1. The molecule has 2 rings (SSSR count). The van der Waals surface area contributed by atoms with Crippen LogP contribution in [0, 0.1) is 5.92 Å². The standard InChI is InChI=1S/C14H21F3N4/c1-18-13-12(19-5-6-20-13)9-11-3-2-7-21(10-11)8-4-14(15,16)17/h5-6,11H,2-4,7-10H2,1H3,(H,18,20)/t11-/m0/s1. The Balaban J connectivity index is 1.89. The van der Waals surface area contributed by atoms with Gasteiger partial charge < -0.3 is 10.2 Å². The molecule has 0 saturated carbocycles. The van der Waals surface area contributed by atoms with Crippen LogP contribution in [0.3, 0.4) is 0 Å². The van der Waals surface area contributed by atoms with Crippen molar-refractivity contribution in [1.29, 1.82) is 0 Å². The van der Waals surface area contributed by atoms with E-state index in [1.807, 2.05) is 4.90 Å². The maximum atomic E-state index is 12.3. The van der Waals surface area contributed by atoms with Crippen LogP contribution in [-0.4, -0.2) is 47.7 Å². The first-order chi connectivity index (χ1) is 9.98. The van der Waals surface area contributed by atoms with E-state index < -0.39 is 12.6 Å². The van der Waals surface area contributed by atoms with E-state index in [9.17, 15) is 13.2 Å². The lowest BCUT2D eigenvalue weighted by atomic mass is 9.93. The number of halogens is 3. The van der Waals surface area contributed by atoms with E-state index in [0.717, 1.165) is 37.3 Å². The summed E-state index contributed by atoms with van der Waals surface area (Å²) in [6, 6.07) is 0. The van der Waals surface area contributed by atoms with E-state index in [2.05, 4.69) is 15.3 Å². The third kappa shape index (κ3) is 5.15. The summed E-state index contributed by atoms with van der Waals surface area (Å²) in [6.45, 7) is 1.56. The monoisotopic (exact) mass is 302 g/mol. The van der Waals surface area contributed by atoms with Crippen molar-refractivity contribution in [2.45, 2.75) is 31.9 Å². The highest BCUT2D eigenvalue weighted by Gasteiger charge is 2.29. The summed E-state index contributed by atoms with van der Waals surface area (Å²) in [6.07, 6.45) is 1.21. The van der Waals surface area contributed by atoms with Crippen molar-refractivity contribution in [2.24, 2.45) is 5.92 Å². The molecule has 1 atom stereocenters. The van der Waals surface area contributed by atoms with Gasteiger partial charge >= 0.3 is 6.18 Å². The van der Waals surface area contributed by atoms with Gasteiger partial charge in [0.2, 0.25) is 0 Å². The van der Waals surface area contributed by atoms with Crippen molar-refractivity contribution in [3.63, 3.8) is 0 Å². The second kappa shape index (κ2) is 7.06. The minimum absolute atomic E-state index is 0.0966. The summed E-state index contributed by atoms with van der Waals surface area (Å²) in [4.78, 5) is 10.5. The second-order valence-electron chi connectivity index (χ2n) is 5.48. The minimum Gasteiger partial charge on any atom is -0.372 e. The van der Waals surface area contributed by atoms with Gasteiger partial charge in [-0.2, -0.15) is 13.2 Å². The zero-order valence-electron chi connectivity index (χ0n) is 12.2. The average Bonchev–Trinajstić information content (AvgIpc) is 2.45. The van der Waals surface area contributed by atoms with Crippen LogP contribution >= 0.6 is 0 Å². The van der Waals surface area contributed by atoms with E-state index in [-0.39, 0.29) is 6.54 Å². The number of rotatable bonds is 5. The normalized spacial score (nSPS) is 20.5. The van der Waals surface area contributed by atoms with Crippen LogP contribution < -0.4 is 5.32 Å². The summed E-state index contributed by atoms with van der Waals surface area (Å²) in [5.41, 5.74) is 0.891. The molecule has 4 nitrogen and oxygen atoms in total.